The molecule has 5 nitrogen and oxygen atoms in total. The van der Waals surface area contributed by atoms with E-state index >= 15 is 0 Å². The maximum Gasteiger partial charge on any atom is 0.173 e. The minimum atomic E-state index is -0.427. The molecule has 1 aliphatic carbocycles. The first-order valence-corrected chi connectivity index (χ1v) is 8.35. The SMILES string of the molecule is N#Cc1c(N2CCC(N)C2)sc2c1CCC1(C2)OCCO1. The summed E-state index contributed by atoms with van der Waals surface area (Å²) in [6.07, 6.45) is 3.50. The third-order valence-corrected chi connectivity index (χ3v) is 5.99. The third kappa shape index (κ3) is 2.16. The first-order chi connectivity index (χ1) is 10.2. The number of nitrogens with zero attached hydrogens (tertiary/aromatic N) is 2. The number of nitriles is 1. The summed E-state index contributed by atoms with van der Waals surface area (Å²) in [4.78, 5) is 3.53. The number of anilines is 1. The van der Waals surface area contributed by atoms with Crippen LogP contribution in [0, 0.1) is 11.3 Å². The highest BCUT2D eigenvalue weighted by atomic mass is 32.1. The van der Waals surface area contributed by atoms with Crippen LogP contribution in [-0.4, -0.2) is 38.1 Å². The second kappa shape index (κ2) is 4.96. The van der Waals surface area contributed by atoms with Gasteiger partial charge >= 0.3 is 0 Å². The van der Waals surface area contributed by atoms with Crippen molar-refractivity contribution in [1.29, 1.82) is 5.26 Å². The van der Waals surface area contributed by atoms with Gasteiger partial charge in [0.05, 0.1) is 18.8 Å². The van der Waals surface area contributed by atoms with Gasteiger partial charge in [0, 0.05) is 36.9 Å². The van der Waals surface area contributed by atoms with Gasteiger partial charge in [-0.15, -0.1) is 11.3 Å². The molecule has 1 atom stereocenters. The summed E-state index contributed by atoms with van der Waals surface area (Å²) in [5, 5.41) is 10.7. The van der Waals surface area contributed by atoms with Crippen LogP contribution >= 0.6 is 11.3 Å². The molecule has 21 heavy (non-hydrogen) atoms. The number of hydrogen-bond donors (Lipinski definition) is 1. The molecule has 2 saturated heterocycles. The Labute approximate surface area is 128 Å². The van der Waals surface area contributed by atoms with E-state index in [1.54, 1.807) is 11.3 Å². The van der Waals surface area contributed by atoms with Crippen molar-refractivity contribution in [2.45, 2.75) is 37.5 Å². The van der Waals surface area contributed by atoms with Crippen LogP contribution in [0.1, 0.15) is 28.8 Å². The smallest absolute Gasteiger partial charge is 0.173 e. The summed E-state index contributed by atoms with van der Waals surface area (Å²) in [6.45, 7) is 3.17. The number of ether oxygens (including phenoxy) is 2. The Morgan fingerprint density at radius 1 is 1.38 bits per heavy atom. The van der Waals surface area contributed by atoms with E-state index in [-0.39, 0.29) is 6.04 Å². The molecule has 112 valence electrons. The average Bonchev–Trinajstić information content (AvgIpc) is 3.17. The lowest BCUT2D eigenvalue weighted by molar-refractivity contribution is -0.163. The van der Waals surface area contributed by atoms with Crippen LogP contribution in [0.25, 0.3) is 0 Å². The molecular formula is C15H19N3O2S. The van der Waals surface area contributed by atoms with Gasteiger partial charge in [-0.1, -0.05) is 0 Å². The van der Waals surface area contributed by atoms with Crippen LogP contribution in [0.2, 0.25) is 0 Å². The zero-order chi connectivity index (χ0) is 14.4. The van der Waals surface area contributed by atoms with E-state index in [9.17, 15) is 5.26 Å². The summed E-state index contributed by atoms with van der Waals surface area (Å²) >= 11 is 1.73. The fraction of sp³-hybridized carbons (Fsp3) is 0.667. The molecule has 0 amide bonds. The van der Waals surface area contributed by atoms with Crippen LogP contribution < -0.4 is 10.6 Å². The van der Waals surface area contributed by atoms with Gasteiger partial charge < -0.3 is 20.1 Å². The second-order valence-electron chi connectivity index (χ2n) is 6.07. The van der Waals surface area contributed by atoms with Crippen molar-refractivity contribution in [3.63, 3.8) is 0 Å². The Morgan fingerprint density at radius 2 is 2.19 bits per heavy atom. The molecule has 0 aromatic carbocycles. The van der Waals surface area contributed by atoms with Crippen molar-refractivity contribution in [3.8, 4) is 6.07 Å². The van der Waals surface area contributed by atoms with E-state index in [2.05, 4.69) is 11.0 Å². The molecule has 1 unspecified atom stereocenters. The molecule has 0 bridgehead atoms. The first-order valence-electron chi connectivity index (χ1n) is 7.54. The highest BCUT2D eigenvalue weighted by Gasteiger charge is 2.42. The zero-order valence-electron chi connectivity index (χ0n) is 11.9. The van der Waals surface area contributed by atoms with Crippen LogP contribution in [0.15, 0.2) is 0 Å². The van der Waals surface area contributed by atoms with Crippen molar-refractivity contribution >= 4 is 16.3 Å². The fourth-order valence-corrected chi connectivity index (χ4v) is 5.03. The molecule has 1 aromatic heterocycles. The molecule has 3 aliphatic rings. The lowest BCUT2D eigenvalue weighted by atomic mass is 9.91. The summed E-state index contributed by atoms with van der Waals surface area (Å²) < 4.78 is 11.7. The molecule has 2 fully saturated rings. The normalized spacial score (nSPS) is 27.0. The van der Waals surface area contributed by atoms with Crippen LogP contribution in [0.3, 0.4) is 0 Å². The van der Waals surface area contributed by atoms with Crippen LogP contribution in [0.5, 0.6) is 0 Å². The molecule has 0 radical (unpaired) electrons. The van der Waals surface area contributed by atoms with Crippen molar-refractivity contribution < 1.29 is 9.47 Å². The second-order valence-corrected chi connectivity index (χ2v) is 7.16. The van der Waals surface area contributed by atoms with Crippen molar-refractivity contribution in [1.82, 2.24) is 0 Å². The summed E-state index contributed by atoms with van der Waals surface area (Å²) in [7, 11) is 0. The topological polar surface area (TPSA) is 71.5 Å². The number of rotatable bonds is 1. The molecule has 0 saturated carbocycles. The number of nitrogens with two attached hydrogens (primary N) is 1. The standard InChI is InChI=1S/C15H19N3O2S/c16-8-12-11-1-3-15(19-5-6-20-15)7-13(11)21-14(12)18-4-2-10(17)9-18/h10H,1-7,9,17H2. The molecule has 1 spiro atoms. The summed E-state index contributed by atoms with van der Waals surface area (Å²) in [6, 6.07) is 2.65. The van der Waals surface area contributed by atoms with E-state index in [0.29, 0.717) is 13.2 Å². The minimum Gasteiger partial charge on any atom is -0.361 e. The Bertz CT molecular complexity index is 601. The highest BCUT2D eigenvalue weighted by Crippen LogP contribution is 2.45. The highest BCUT2D eigenvalue weighted by molar-refractivity contribution is 7.16. The molecule has 2 N–H and O–H groups in total. The molecule has 6 heteroatoms. The quantitative estimate of drug-likeness (QED) is 0.849. The van der Waals surface area contributed by atoms with Gasteiger partial charge in [-0.05, 0) is 18.4 Å². The molecule has 2 aliphatic heterocycles. The van der Waals surface area contributed by atoms with Gasteiger partial charge in [0.25, 0.3) is 0 Å². The van der Waals surface area contributed by atoms with Crippen molar-refractivity contribution in [2.75, 3.05) is 31.2 Å². The van der Waals surface area contributed by atoms with Gasteiger partial charge in [0.2, 0.25) is 0 Å². The first kappa shape index (κ1) is 13.5. The van der Waals surface area contributed by atoms with E-state index in [0.717, 1.165) is 49.3 Å². The molecule has 3 heterocycles. The maximum atomic E-state index is 9.58. The van der Waals surface area contributed by atoms with E-state index in [4.69, 9.17) is 15.2 Å². The largest absolute Gasteiger partial charge is 0.361 e. The maximum absolute atomic E-state index is 9.58. The Hall–Kier alpha value is -1.13. The van der Waals surface area contributed by atoms with Crippen molar-refractivity contribution in [3.05, 3.63) is 16.0 Å². The summed E-state index contributed by atoms with van der Waals surface area (Å²) in [5.41, 5.74) is 8.08. The fourth-order valence-electron chi connectivity index (χ4n) is 3.61. The summed E-state index contributed by atoms with van der Waals surface area (Å²) in [5.74, 6) is -0.427. The van der Waals surface area contributed by atoms with Gasteiger partial charge in [-0.3, -0.25) is 0 Å². The van der Waals surface area contributed by atoms with E-state index in [1.807, 2.05) is 0 Å². The van der Waals surface area contributed by atoms with Gasteiger partial charge in [-0.25, -0.2) is 0 Å². The Balaban J connectivity index is 1.68. The van der Waals surface area contributed by atoms with E-state index in [1.165, 1.54) is 10.4 Å². The Morgan fingerprint density at radius 3 is 2.86 bits per heavy atom. The average molecular weight is 305 g/mol. The Kier molecular flexibility index (Phi) is 3.19. The number of hydrogen-bond acceptors (Lipinski definition) is 6. The molecule has 1 aromatic rings. The predicted molar refractivity (Wildman–Crippen MR) is 80.5 cm³/mol. The number of fused-ring (bicyclic) bond motifs is 1. The molecule has 4 rings (SSSR count). The van der Waals surface area contributed by atoms with Gasteiger partial charge in [0.15, 0.2) is 5.79 Å². The number of thiophene rings is 1. The van der Waals surface area contributed by atoms with Gasteiger partial charge in [0.1, 0.15) is 11.1 Å². The minimum absolute atomic E-state index is 0.225. The molecular weight excluding hydrogens is 286 g/mol. The zero-order valence-corrected chi connectivity index (χ0v) is 12.7. The van der Waals surface area contributed by atoms with Gasteiger partial charge in [-0.2, -0.15) is 5.26 Å². The predicted octanol–water partition coefficient (Wildman–Crippen LogP) is 1.39. The lowest BCUT2D eigenvalue weighted by Gasteiger charge is -2.31. The van der Waals surface area contributed by atoms with Crippen LogP contribution in [-0.2, 0) is 22.3 Å². The monoisotopic (exact) mass is 305 g/mol. The van der Waals surface area contributed by atoms with Crippen molar-refractivity contribution in [2.24, 2.45) is 5.73 Å². The van der Waals surface area contributed by atoms with Crippen LogP contribution in [0.4, 0.5) is 5.00 Å². The lowest BCUT2D eigenvalue weighted by Crippen LogP contribution is -2.36. The van der Waals surface area contributed by atoms with E-state index < -0.39 is 5.79 Å². The third-order valence-electron chi connectivity index (χ3n) is 4.70.